The minimum Gasteiger partial charge on any atom is -0.358 e. The number of para-hydroxylation sites is 1. The number of allylic oxidation sites excluding steroid dienone is 1. The molecule has 0 aliphatic rings. The van der Waals surface area contributed by atoms with Gasteiger partial charge in [0.25, 0.3) is 5.69 Å². The maximum atomic E-state index is 10.8. The Hall–Kier alpha value is -2.54. The molecular formula is C13H14N4O2S. The minimum atomic E-state index is -0.427. The lowest BCUT2D eigenvalue weighted by Gasteiger charge is -2.02. The zero-order chi connectivity index (χ0) is 14.8. The van der Waals surface area contributed by atoms with Crippen molar-refractivity contribution in [1.29, 1.82) is 0 Å². The van der Waals surface area contributed by atoms with E-state index in [2.05, 4.69) is 22.4 Å². The summed E-state index contributed by atoms with van der Waals surface area (Å²) >= 11 is 4.92. The molecule has 7 heteroatoms. The molecule has 2 N–H and O–H groups in total. The van der Waals surface area contributed by atoms with Crippen molar-refractivity contribution in [2.75, 3.05) is 6.54 Å². The number of nitrogens with zero attached hydrogens (tertiary/aromatic N) is 2. The predicted molar refractivity (Wildman–Crippen MR) is 84.6 cm³/mol. The molecule has 0 bridgehead atoms. The fourth-order valence-corrected chi connectivity index (χ4v) is 1.42. The van der Waals surface area contributed by atoms with Crippen LogP contribution in [0.5, 0.6) is 0 Å². The number of hydrogen-bond donors (Lipinski definition) is 2. The van der Waals surface area contributed by atoms with Gasteiger partial charge in [-0.05, 0) is 30.4 Å². The second-order valence-electron chi connectivity index (χ2n) is 3.56. The largest absolute Gasteiger partial charge is 0.358 e. The van der Waals surface area contributed by atoms with Gasteiger partial charge in [0, 0.05) is 18.8 Å². The fourth-order valence-electron chi connectivity index (χ4n) is 1.28. The van der Waals surface area contributed by atoms with Crippen molar-refractivity contribution in [3.05, 3.63) is 58.7 Å². The summed E-state index contributed by atoms with van der Waals surface area (Å²) in [6.07, 6.45) is 6.32. The standard InChI is InChI=1S/C13H14N4O2S/c1-2-9-14-13(20)16-15-10-5-7-11-6-3-4-8-12(11)17(18)19/h2-8,10H,1,9H2,(H2,14,16,20)/b7-5+,15-10-. The summed E-state index contributed by atoms with van der Waals surface area (Å²) in [5, 5.41) is 17.9. The Kier molecular flexibility index (Phi) is 6.63. The number of benzene rings is 1. The van der Waals surface area contributed by atoms with E-state index in [4.69, 9.17) is 12.2 Å². The van der Waals surface area contributed by atoms with Gasteiger partial charge in [0.15, 0.2) is 5.11 Å². The van der Waals surface area contributed by atoms with Gasteiger partial charge in [0.05, 0.1) is 10.5 Å². The second-order valence-corrected chi connectivity index (χ2v) is 3.97. The predicted octanol–water partition coefficient (Wildman–Crippen LogP) is 2.24. The highest BCUT2D eigenvalue weighted by atomic mass is 32.1. The van der Waals surface area contributed by atoms with E-state index in [0.29, 0.717) is 17.2 Å². The Bertz CT molecular complexity index is 555. The second kappa shape index (κ2) is 8.54. The van der Waals surface area contributed by atoms with Gasteiger partial charge in [-0.2, -0.15) is 5.10 Å². The van der Waals surface area contributed by atoms with E-state index in [1.165, 1.54) is 12.3 Å². The van der Waals surface area contributed by atoms with Crippen molar-refractivity contribution in [3.63, 3.8) is 0 Å². The van der Waals surface area contributed by atoms with Crippen LogP contribution in [0.15, 0.2) is 48.1 Å². The van der Waals surface area contributed by atoms with Gasteiger partial charge in [-0.3, -0.25) is 15.5 Å². The molecule has 1 aromatic rings. The Morgan fingerprint density at radius 3 is 2.95 bits per heavy atom. The zero-order valence-electron chi connectivity index (χ0n) is 10.7. The van der Waals surface area contributed by atoms with Crippen LogP contribution in [0.3, 0.4) is 0 Å². The van der Waals surface area contributed by atoms with E-state index < -0.39 is 4.92 Å². The summed E-state index contributed by atoms with van der Waals surface area (Å²) in [6.45, 7) is 4.09. The van der Waals surface area contributed by atoms with Gasteiger partial charge in [0.1, 0.15) is 0 Å². The molecule has 0 aliphatic carbocycles. The lowest BCUT2D eigenvalue weighted by atomic mass is 10.2. The van der Waals surface area contributed by atoms with Gasteiger partial charge < -0.3 is 5.32 Å². The lowest BCUT2D eigenvalue weighted by molar-refractivity contribution is -0.385. The Balaban J connectivity index is 2.55. The van der Waals surface area contributed by atoms with Gasteiger partial charge in [0.2, 0.25) is 0 Å². The van der Waals surface area contributed by atoms with Crippen LogP contribution in [0.25, 0.3) is 6.08 Å². The molecule has 0 amide bonds. The maximum Gasteiger partial charge on any atom is 0.276 e. The van der Waals surface area contributed by atoms with E-state index in [-0.39, 0.29) is 5.69 Å². The summed E-state index contributed by atoms with van der Waals surface area (Å²) in [6, 6.07) is 6.46. The Labute approximate surface area is 122 Å². The number of hydrogen-bond acceptors (Lipinski definition) is 4. The molecule has 0 fully saturated rings. The van der Waals surface area contributed by atoms with Crippen molar-refractivity contribution < 1.29 is 4.92 Å². The highest BCUT2D eigenvalue weighted by Crippen LogP contribution is 2.18. The molecular weight excluding hydrogens is 276 g/mol. The first kappa shape index (κ1) is 15.5. The fraction of sp³-hybridized carbons (Fsp3) is 0.0769. The third-order valence-electron chi connectivity index (χ3n) is 2.14. The molecule has 0 saturated carbocycles. The number of nitro groups is 1. The van der Waals surface area contributed by atoms with Crippen molar-refractivity contribution in [3.8, 4) is 0 Å². The average Bonchev–Trinajstić information content (AvgIpc) is 2.45. The van der Waals surface area contributed by atoms with Crippen molar-refractivity contribution >= 4 is 35.3 Å². The molecule has 0 unspecified atom stereocenters. The molecule has 0 aromatic heterocycles. The number of hydrazone groups is 1. The van der Waals surface area contributed by atoms with Gasteiger partial charge in [-0.15, -0.1) is 6.58 Å². The van der Waals surface area contributed by atoms with E-state index >= 15 is 0 Å². The highest BCUT2D eigenvalue weighted by Gasteiger charge is 2.08. The molecule has 20 heavy (non-hydrogen) atoms. The normalized spacial score (nSPS) is 10.6. The molecule has 104 valence electrons. The van der Waals surface area contributed by atoms with Crippen LogP contribution in [0.4, 0.5) is 5.69 Å². The molecule has 0 spiro atoms. The quantitative estimate of drug-likeness (QED) is 0.276. The van der Waals surface area contributed by atoms with Crippen LogP contribution in [0.1, 0.15) is 5.56 Å². The highest BCUT2D eigenvalue weighted by molar-refractivity contribution is 7.80. The number of nitro benzene ring substituents is 1. The summed E-state index contributed by atoms with van der Waals surface area (Å²) in [4.78, 5) is 10.4. The number of nitrogens with one attached hydrogen (secondary N) is 2. The molecule has 6 nitrogen and oxygen atoms in total. The smallest absolute Gasteiger partial charge is 0.276 e. The maximum absolute atomic E-state index is 10.8. The first-order valence-corrected chi connectivity index (χ1v) is 6.14. The summed E-state index contributed by atoms with van der Waals surface area (Å²) < 4.78 is 0. The molecule has 0 atom stereocenters. The van der Waals surface area contributed by atoms with Crippen LogP contribution in [-0.2, 0) is 0 Å². The van der Waals surface area contributed by atoms with E-state index in [9.17, 15) is 10.1 Å². The molecule has 0 radical (unpaired) electrons. The van der Waals surface area contributed by atoms with E-state index in [1.807, 2.05) is 0 Å². The molecule has 0 heterocycles. The van der Waals surface area contributed by atoms with Crippen molar-refractivity contribution in [2.24, 2.45) is 5.10 Å². The van der Waals surface area contributed by atoms with Crippen molar-refractivity contribution in [1.82, 2.24) is 10.7 Å². The van der Waals surface area contributed by atoms with Gasteiger partial charge >= 0.3 is 0 Å². The summed E-state index contributed by atoms with van der Waals surface area (Å²) in [7, 11) is 0. The van der Waals surface area contributed by atoms with Gasteiger partial charge in [-0.25, -0.2) is 0 Å². The third-order valence-corrected chi connectivity index (χ3v) is 2.38. The van der Waals surface area contributed by atoms with Crippen molar-refractivity contribution in [2.45, 2.75) is 0 Å². The van der Waals surface area contributed by atoms with Crippen LogP contribution in [0, 0.1) is 10.1 Å². The molecule has 0 saturated heterocycles. The minimum absolute atomic E-state index is 0.0493. The number of rotatable bonds is 6. The van der Waals surface area contributed by atoms with Crippen LogP contribution in [-0.4, -0.2) is 22.8 Å². The SMILES string of the molecule is C=CCNC(=S)N/N=C\C=C\c1ccccc1[N+](=O)[O-]. The summed E-state index contributed by atoms with van der Waals surface area (Å²) in [5.74, 6) is 0. The monoisotopic (exact) mass is 290 g/mol. The van der Waals surface area contributed by atoms with E-state index in [0.717, 1.165) is 0 Å². The molecule has 0 aliphatic heterocycles. The topological polar surface area (TPSA) is 79.6 Å². The average molecular weight is 290 g/mol. The first-order chi connectivity index (χ1) is 9.65. The number of thiocarbonyl (C=S) groups is 1. The first-order valence-electron chi connectivity index (χ1n) is 5.73. The Morgan fingerprint density at radius 1 is 1.50 bits per heavy atom. The van der Waals surface area contributed by atoms with E-state index in [1.54, 1.807) is 36.4 Å². The molecule has 1 rings (SSSR count). The summed E-state index contributed by atoms with van der Waals surface area (Å²) in [5.41, 5.74) is 3.16. The Morgan fingerprint density at radius 2 is 2.25 bits per heavy atom. The van der Waals surface area contributed by atoms with Crippen LogP contribution >= 0.6 is 12.2 Å². The van der Waals surface area contributed by atoms with Crippen LogP contribution in [0.2, 0.25) is 0 Å². The van der Waals surface area contributed by atoms with Crippen LogP contribution < -0.4 is 10.7 Å². The lowest BCUT2D eigenvalue weighted by Crippen LogP contribution is -2.31. The molecule has 1 aromatic carbocycles. The van der Waals surface area contributed by atoms with Gasteiger partial charge in [-0.1, -0.05) is 18.2 Å². The third kappa shape index (κ3) is 5.40. The zero-order valence-corrected chi connectivity index (χ0v) is 11.5.